The molecule has 0 saturated carbocycles. The molecule has 4 aliphatic heterocycles. The Balaban J connectivity index is 0.000000229. The molecular weight excluding hydrogens is 1050 g/mol. The highest BCUT2D eigenvalue weighted by Gasteiger charge is 2.42. The fourth-order valence-corrected chi connectivity index (χ4v) is 13.9. The van der Waals surface area contributed by atoms with Crippen LogP contribution in [0.4, 0.5) is 0 Å². The molecule has 3 N–H and O–H groups in total. The van der Waals surface area contributed by atoms with Gasteiger partial charge in [0.15, 0.2) is 0 Å². The van der Waals surface area contributed by atoms with E-state index in [1.165, 1.54) is 79.2 Å². The molecule has 8 rings (SSSR count). The van der Waals surface area contributed by atoms with E-state index in [1.54, 1.807) is 48.5 Å². The van der Waals surface area contributed by atoms with Crippen molar-refractivity contribution in [1.29, 1.82) is 0 Å². The molecular formula is C59H80N6O12S2. The van der Waals surface area contributed by atoms with Gasteiger partial charge in [-0.15, -0.1) is 0 Å². The Morgan fingerprint density at radius 1 is 0.519 bits per heavy atom. The van der Waals surface area contributed by atoms with E-state index in [4.69, 9.17) is 14.2 Å². The number of nitrogens with one attached hydrogen (secondary N) is 2. The van der Waals surface area contributed by atoms with Gasteiger partial charge in [-0.25, -0.2) is 26.4 Å². The standard InChI is InChI=1S/C30H41N3O6S.C29H39N3O6S/c1-23-9-15-26(16-10-23)40(36,37)33-19-7-8-28(33)29(34)31-27(30(35)38-2)22-24-11-13-25(14-12-24)39-21-20-32-17-5-3-4-6-18-32;1-22-8-14-25(15-9-22)39(36,37)32-18-6-7-27(32)28(33)30-26(29(34)35)21-23-10-12-24(13-11-23)38-20-19-31-16-4-2-3-5-17-31/h9-16,27-28H,3-8,17-22H2,1-2H3,(H,31,34);8-15,26-27H,2-7,16-21H2,1H3,(H,30,33)(H,34,35)/t27-,28-;26-,27-/m00/s1. The molecule has 0 aromatic heterocycles. The number of amides is 2. The first kappa shape index (κ1) is 60.7. The Bertz CT molecular complexity index is 2820. The Morgan fingerprint density at radius 3 is 1.25 bits per heavy atom. The van der Waals surface area contributed by atoms with Crippen molar-refractivity contribution in [2.75, 3.05) is 72.7 Å². The maximum Gasteiger partial charge on any atom is 0.328 e. The molecule has 0 unspecified atom stereocenters. The molecule has 4 aromatic rings. The molecule has 18 nitrogen and oxygen atoms in total. The van der Waals surface area contributed by atoms with Gasteiger partial charge in [-0.2, -0.15) is 8.61 Å². The fourth-order valence-electron chi connectivity index (χ4n) is 10.6. The van der Waals surface area contributed by atoms with Gasteiger partial charge in [-0.05, 0) is 151 Å². The second-order valence-corrected chi connectivity index (χ2v) is 24.8. The molecule has 2 amide bonds. The maximum absolute atomic E-state index is 13.3. The number of aliphatic carboxylic acids is 1. The largest absolute Gasteiger partial charge is 0.492 e. The third-order valence-electron chi connectivity index (χ3n) is 15.2. The summed E-state index contributed by atoms with van der Waals surface area (Å²) in [6.07, 6.45) is 12.2. The van der Waals surface area contributed by atoms with Crippen molar-refractivity contribution in [3.8, 4) is 11.5 Å². The Morgan fingerprint density at radius 2 is 0.886 bits per heavy atom. The topological polar surface area (TPSA) is 221 Å². The van der Waals surface area contributed by atoms with Crippen LogP contribution < -0.4 is 20.1 Å². The van der Waals surface area contributed by atoms with Gasteiger partial charge < -0.3 is 30.0 Å². The number of carbonyl (C=O) groups excluding carboxylic acids is 3. The second kappa shape index (κ2) is 29.5. The third-order valence-corrected chi connectivity index (χ3v) is 19.0. The highest BCUT2D eigenvalue weighted by Crippen LogP contribution is 2.29. The molecule has 4 aliphatic rings. The Kier molecular flexibility index (Phi) is 22.7. The van der Waals surface area contributed by atoms with Crippen LogP contribution in [0.25, 0.3) is 0 Å². The molecule has 4 aromatic carbocycles. The average molecular weight is 1130 g/mol. The van der Waals surface area contributed by atoms with Gasteiger partial charge in [-0.3, -0.25) is 19.4 Å². The molecule has 79 heavy (non-hydrogen) atoms. The predicted molar refractivity (Wildman–Crippen MR) is 301 cm³/mol. The molecule has 4 atom stereocenters. The zero-order valence-electron chi connectivity index (χ0n) is 46.1. The van der Waals surface area contributed by atoms with Crippen LogP contribution in [0.2, 0.25) is 0 Å². The number of esters is 1. The van der Waals surface area contributed by atoms with E-state index in [-0.39, 0.29) is 35.7 Å². The van der Waals surface area contributed by atoms with Crippen molar-refractivity contribution in [1.82, 2.24) is 29.0 Å². The monoisotopic (exact) mass is 1130 g/mol. The van der Waals surface area contributed by atoms with Crippen LogP contribution in [0, 0.1) is 13.8 Å². The van der Waals surface area contributed by atoms with E-state index in [0.717, 1.165) is 67.3 Å². The van der Waals surface area contributed by atoms with Crippen LogP contribution in [-0.2, 0) is 56.8 Å². The summed E-state index contributed by atoms with van der Waals surface area (Å²) in [6, 6.07) is 23.8. The van der Waals surface area contributed by atoms with Crippen molar-refractivity contribution in [3.63, 3.8) is 0 Å². The summed E-state index contributed by atoms with van der Waals surface area (Å²) < 4.78 is 72.1. The first-order valence-corrected chi connectivity index (χ1v) is 30.9. The van der Waals surface area contributed by atoms with Crippen LogP contribution in [0.1, 0.15) is 99.3 Å². The number of carbonyl (C=O) groups is 4. The zero-order chi connectivity index (χ0) is 56.4. The van der Waals surface area contributed by atoms with E-state index in [0.29, 0.717) is 44.6 Å². The molecule has 0 spiro atoms. The fraction of sp³-hybridized carbons (Fsp3) is 0.525. The molecule has 4 saturated heterocycles. The van der Waals surface area contributed by atoms with Crippen molar-refractivity contribution < 1.29 is 55.3 Å². The first-order chi connectivity index (χ1) is 38.0. The lowest BCUT2D eigenvalue weighted by atomic mass is 10.0. The molecule has 0 radical (unpaired) electrons. The van der Waals surface area contributed by atoms with Gasteiger partial charge in [0.05, 0.1) is 16.9 Å². The van der Waals surface area contributed by atoms with E-state index in [1.807, 2.05) is 50.2 Å². The van der Waals surface area contributed by atoms with E-state index in [9.17, 15) is 41.1 Å². The summed E-state index contributed by atoms with van der Waals surface area (Å²) in [6.45, 7) is 11.7. The SMILES string of the molecule is COC(=O)[C@H](Cc1ccc(OCCN2CCCCCC2)cc1)NC(=O)[C@@H]1CCCN1S(=O)(=O)c1ccc(C)cc1.Cc1ccc(S(=O)(=O)N2CCC[C@H]2C(=O)N[C@@H](Cc2ccc(OCCN3CCCCCC3)cc2)C(=O)O)cc1. The van der Waals surface area contributed by atoms with E-state index < -0.39 is 68.0 Å². The Hall–Kier alpha value is -5.90. The second-order valence-electron chi connectivity index (χ2n) is 21.1. The zero-order valence-corrected chi connectivity index (χ0v) is 47.7. The number of likely N-dealkylation sites (tertiary alicyclic amines) is 2. The number of carboxylic acid groups (broad SMARTS) is 1. The van der Waals surface area contributed by atoms with Crippen LogP contribution in [-0.4, -0.2) is 161 Å². The van der Waals surface area contributed by atoms with Crippen molar-refractivity contribution in [3.05, 3.63) is 119 Å². The van der Waals surface area contributed by atoms with Crippen molar-refractivity contribution >= 4 is 43.8 Å². The smallest absolute Gasteiger partial charge is 0.328 e. The molecule has 0 bridgehead atoms. The molecule has 430 valence electrons. The minimum absolute atomic E-state index is 0.0760. The van der Waals surface area contributed by atoms with Gasteiger partial charge in [0.25, 0.3) is 0 Å². The van der Waals surface area contributed by atoms with Crippen LogP contribution in [0.3, 0.4) is 0 Å². The average Bonchev–Trinajstić information content (AvgIpc) is 4.03. The summed E-state index contributed by atoms with van der Waals surface area (Å²) >= 11 is 0. The third kappa shape index (κ3) is 17.5. The lowest BCUT2D eigenvalue weighted by Gasteiger charge is -2.25. The van der Waals surface area contributed by atoms with Crippen LogP contribution in [0.15, 0.2) is 107 Å². The highest BCUT2D eigenvalue weighted by molar-refractivity contribution is 7.89. The van der Waals surface area contributed by atoms with Crippen molar-refractivity contribution in [2.24, 2.45) is 0 Å². The number of carboxylic acids is 1. The summed E-state index contributed by atoms with van der Waals surface area (Å²) in [5, 5.41) is 15.1. The number of aryl methyl sites for hydroxylation is 2. The van der Waals surface area contributed by atoms with E-state index in [2.05, 4.69) is 20.4 Å². The molecule has 0 aliphatic carbocycles. The number of hydrogen-bond donors (Lipinski definition) is 3. The number of benzene rings is 4. The number of hydrogen-bond acceptors (Lipinski definition) is 13. The number of ether oxygens (including phenoxy) is 3. The molecule has 4 fully saturated rings. The van der Waals surface area contributed by atoms with Gasteiger partial charge in [0.1, 0.15) is 48.9 Å². The molecule has 4 heterocycles. The highest BCUT2D eigenvalue weighted by atomic mass is 32.2. The Labute approximate surface area is 467 Å². The first-order valence-electron chi connectivity index (χ1n) is 28.0. The van der Waals surface area contributed by atoms with Gasteiger partial charge in [-0.1, -0.05) is 85.3 Å². The molecule has 20 heteroatoms. The normalized spacial score (nSPS) is 19.6. The maximum atomic E-state index is 13.3. The number of rotatable bonds is 22. The van der Waals surface area contributed by atoms with Gasteiger partial charge in [0.2, 0.25) is 31.9 Å². The number of nitrogens with zero attached hydrogens (tertiary/aromatic N) is 4. The lowest BCUT2D eigenvalue weighted by molar-refractivity contribution is -0.145. The lowest BCUT2D eigenvalue weighted by Crippen LogP contribution is -2.51. The van der Waals surface area contributed by atoms with E-state index >= 15 is 0 Å². The predicted octanol–water partition coefficient (Wildman–Crippen LogP) is 6.52. The summed E-state index contributed by atoms with van der Waals surface area (Å²) in [5.74, 6) is -1.39. The summed E-state index contributed by atoms with van der Waals surface area (Å²) in [4.78, 5) is 56.1. The summed E-state index contributed by atoms with van der Waals surface area (Å²) in [5.41, 5.74) is 3.44. The number of methoxy groups -OCH3 is 1. The minimum atomic E-state index is -3.88. The van der Waals surface area contributed by atoms with Gasteiger partial charge >= 0.3 is 11.9 Å². The minimum Gasteiger partial charge on any atom is -0.492 e. The quantitative estimate of drug-likeness (QED) is 0.0714. The van der Waals surface area contributed by atoms with Crippen LogP contribution >= 0.6 is 0 Å². The summed E-state index contributed by atoms with van der Waals surface area (Å²) in [7, 11) is -6.46. The van der Waals surface area contributed by atoms with Crippen molar-refractivity contribution in [2.45, 2.75) is 138 Å². The van der Waals surface area contributed by atoms with Gasteiger partial charge in [0, 0.05) is 39.0 Å². The number of sulfonamides is 2. The van der Waals surface area contributed by atoms with Crippen LogP contribution in [0.5, 0.6) is 11.5 Å².